The molecule has 0 spiro atoms. The zero-order valence-corrected chi connectivity index (χ0v) is 5.28. The van der Waals surface area contributed by atoms with E-state index in [9.17, 15) is 0 Å². The molecule has 1 fully saturated rings. The van der Waals surface area contributed by atoms with Crippen molar-refractivity contribution >= 4 is 0 Å². The van der Waals surface area contributed by atoms with E-state index in [0.717, 1.165) is 13.1 Å². The van der Waals surface area contributed by atoms with Crippen molar-refractivity contribution in [1.82, 2.24) is 10.6 Å². The molecular weight excluding hydrogens is 100 g/mol. The van der Waals surface area contributed by atoms with Crippen molar-refractivity contribution in [2.24, 2.45) is 0 Å². The van der Waals surface area contributed by atoms with Crippen molar-refractivity contribution in [3.05, 3.63) is 6.92 Å². The van der Waals surface area contributed by atoms with E-state index in [0.29, 0.717) is 12.1 Å². The molecule has 1 aliphatic rings. The van der Waals surface area contributed by atoms with Crippen LogP contribution in [-0.4, -0.2) is 25.2 Å². The van der Waals surface area contributed by atoms with Gasteiger partial charge in [0, 0.05) is 25.2 Å². The molecule has 2 unspecified atom stereocenters. The van der Waals surface area contributed by atoms with E-state index >= 15 is 0 Å². The predicted molar refractivity (Wildman–Crippen MR) is 34.6 cm³/mol. The highest BCUT2D eigenvalue weighted by molar-refractivity contribution is 4.81. The maximum atomic E-state index is 3.86. The van der Waals surface area contributed by atoms with Gasteiger partial charge >= 0.3 is 0 Å². The first-order chi connectivity index (χ1) is 3.79. The minimum Gasteiger partial charge on any atom is -0.311 e. The Labute approximate surface area is 50.7 Å². The van der Waals surface area contributed by atoms with Gasteiger partial charge in [-0.15, -0.1) is 0 Å². The van der Waals surface area contributed by atoms with Gasteiger partial charge in [-0.2, -0.15) is 0 Å². The van der Waals surface area contributed by atoms with Gasteiger partial charge in [0.05, 0.1) is 0 Å². The summed E-state index contributed by atoms with van der Waals surface area (Å²) in [4.78, 5) is 0. The molecule has 0 aliphatic carbocycles. The third-order valence-electron chi connectivity index (χ3n) is 1.43. The molecule has 0 bridgehead atoms. The molecule has 1 saturated heterocycles. The molecule has 0 amide bonds. The highest BCUT2D eigenvalue weighted by atomic mass is 15.1. The molecule has 2 heteroatoms. The molecule has 0 aromatic rings. The third kappa shape index (κ3) is 1.46. The monoisotopic (exact) mass is 113 g/mol. The summed E-state index contributed by atoms with van der Waals surface area (Å²) in [5.41, 5.74) is 0. The Morgan fingerprint density at radius 1 is 1.38 bits per heavy atom. The Morgan fingerprint density at radius 3 is 2.50 bits per heavy atom. The summed E-state index contributed by atoms with van der Waals surface area (Å²) in [6.45, 7) is 8.07. The van der Waals surface area contributed by atoms with E-state index in [1.54, 1.807) is 0 Å². The lowest BCUT2D eigenvalue weighted by Gasteiger charge is -2.25. The second-order valence-corrected chi connectivity index (χ2v) is 2.41. The summed E-state index contributed by atoms with van der Waals surface area (Å²) in [6.07, 6.45) is 0. The molecule has 0 aromatic carbocycles. The maximum absolute atomic E-state index is 3.86. The smallest absolute Gasteiger partial charge is 0.0193 e. The van der Waals surface area contributed by atoms with Crippen molar-refractivity contribution in [2.45, 2.75) is 19.0 Å². The van der Waals surface area contributed by atoms with Crippen LogP contribution in [0.2, 0.25) is 0 Å². The molecule has 1 rings (SSSR count). The van der Waals surface area contributed by atoms with Crippen LogP contribution in [0.3, 0.4) is 0 Å². The fraction of sp³-hybridized carbons (Fsp3) is 0.833. The van der Waals surface area contributed by atoms with Crippen LogP contribution in [0.1, 0.15) is 6.92 Å². The lowest BCUT2D eigenvalue weighted by atomic mass is 10.2. The van der Waals surface area contributed by atoms with Crippen LogP contribution in [0.15, 0.2) is 0 Å². The molecule has 0 aromatic heterocycles. The average Bonchev–Trinajstić information content (AvgIpc) is 1.77. The van der Waals surface area contributed by atoms with E-state index in [-0.39, 0.29) is 0 Å². The zero-order chi connectivity index (χ0) is 5.98. The Bertz CT molecular complexity index is 54.9. The van der Waals surface area contributed by atoms with Crippen LogP contribution in [0.5, 0.6) is 0 Å². The van der Waals surface area contributed by atoms with Gasteiger partial charge in [0.2, 0.25) is 0 Å². The van der Waals surface area contributed by atoms with Crippen molar-refractivity contribution in [3.8, 4) is 0 Å². The Kier molecular flexibility index (Phi) is 1.86. The molecule has 1 aliphatic heterocycles. The summed E-state index contributed by atoms with van der Waals surface area (Å²) < 4.78 is 0. The van der Waals surface area contributed by atoms with Gasteiger partial charge in [0.25, 0.3) is 0 Å². The van der Waals surface area contributed by atoms with Crippen molar-refractivity contribution in [3.63, 3.8) is 0 Å². The molecule has 47 valence electrons. The van der Waals surface area contributed by atoms with Crippen molar-refractivity contribution in [2.75, 3.05) is 13.1 Å². The topological polar surface area (TPSA) is 24.1 Å². The molecule has 1 heterocycles. The lowest BCUT2D eigenvalue weighted by molar-refractivity contribution is 0.396. The average molecular weight is 113 g/mol. The number of hydrogen-bond donors (Lipinski definition) is 2. The van der Waals surface area contributed by atoms with Crippen LogP contribution < -0.4 is 10.6 Å². The molecule has 8 heavy (non-hydrogen) atoms. The van der Waals surface area contributed by atoms with Gasteiger partial charge in [-0.25, -0.2) is 0 Å². The van der Waals surface area contributed by atoms with Gasteiger partial charge < -0.3 is 10.6 Å². The molecule has 2 N–H and O–H groups in total. The third-order valence-corrected chi connectivity index (χ3v) is 1.43. The molecule has 2 atom stereocenters. The van der Waals surface area contributed by atoms with Crippen molar-refractivity contribution < 1.29 is 0 Å². The normalized spacial score (nSPS) is 39.8. The highest BCUT2D eigenvalue weighted by Crippen LogP contribution is 1.88. The molecule has 0 saturated carbocycles. The van der Waals surface area contributed by atoms with Gasteiger partial charge in [0.1, 0.15) is 0 Å². The summed E-state index contributed by atoms with van der Waals surface area (Å²) in [7, 11) is 0. The van der Waals surface area contributed by atoms with Crippen LogP contribution in [-0.2, 0) is 0 Å². The summed E-state index contributed by atoms with van der Waals surface area (Å²) in [5, 5.41) is 6.56. The summed E-state index contributed by atoms with van der Waals surface area (Å²) in [5.74, 6) is 0. The number of nitrogens with one attached hydrogen (secondary N) is 2. The van der Waals surface area contributed by atoms with E-state index in [1.165, 1.54) is 0 Å². The van der Waals surface area contributed by atoms with E-state index < -0.39 is 0 Å². The molecular formula is C6H13N2. The maximum Gasteiger partial charge on any atom is 0.0193 e. The van der Waals surface area contributed by atoms with Crippen LogP contribution in [0.4, 0.5) is 0 Å². The zero-order valence-electron chi connectivity index (χ0n) is 5.28. The van der Waals surface area contributed by atoms with Gasteiger partial charge in [-0.05, 0) is 13.8 Å². The highest BCUT2D eigenvalue weighted by Gasteiger charge is 2.10. The fourth-order valence-corrected chi connectivity index (χ4v) is 0.831. The number of rotatable bonds is 0. The SMILES string of the molecule is [CH2]C1CNC(C)CN1. The predicted octanol–water partition coefficient (Wildman–Crippen LogP) is -0.230. The Morgan fingerprint density at radius 2 is 2.12 bits per heavy atom. The lowest BCUT2D eigenvalue weighted by Crippen LogP contribution is -2.51. The minimum atomic E-state index is 0.409. The molecule has 2 nitrogen and oxygen atoms in total. The van der Waals surface area contributed by atoms with E-state index in [2.05, 4.69) is 24.5 Å². The fourth-order valence-electron chi connectivity index (χ4n) is 0.831. The van der Waals surface area contributed by atoms with E-state index in [1.807, 2.05) is 0 Å². The first-order valence-corrected chi connectivity index (χ1v) is 3.09. The summed E-state index contributed by atoms with van der Waals surface area (Å²) in [6, 6.07) is 1.03. The Balaban J connectivity index is 2.19. The van der Waals surface area contributed by atoms with E-state index in [4.69, 9.17) is 0 Å². The number of piperazine rings is 1. The first-order valence-electron chi connectivity index (χ1n) is 3.09. The van der Waals surface area contributed by atoms with Crippen LogP contribution >= 0.6 is 0 Å². The van der Waals surface area contributed by atoms with Crippen LogP contribution in [0.25, 0.3) is 0 Å². The quantitative estimate of drug-likeness (QED) is 0.453. The van der Waals surface area contributed by atoms with Crippen LogP contribution in [0, 0.1) is 6.92 Å². The van der Waals surface area contributed by atoms with Crippen molar-refractivity contribution in [1.29, 1.82) is 0 Å². The van der Waals surface area contributed by atoms with Gasteiger partial charge in [-0.1, -0.05) is 0 Å². The second-order valence-electron chi connectivity index (χ2n) is 2.41. The molecule has 1 radical (unpaired) electrons. The Hall–Kier alpha value is -0.0800. The van der Waals surface area contributed by atoms with Gasteiger partial charge in [0.15, 0.2) is 0 Å². The van der Waals surface area contributed by atoms with Gasteiger partial charge in [-0.3, -0.25) is 0 Å². The number of hydrogen-bond acceptors (Lipinski definition) is 2. The summed E-state index contributed by atoms with van der Waals surface area (Å²) >= 11 is 0. The largest absolute Gasteiger partial charge is 0.311 e. The first kappa shape index (κ1) is 6.05. The standard InChI is InChI=1S/C6H13N2/c1-5-3-8-6(2)4-7-5/h5-8H,1,3-4H2,2H3. The minimum absolute atomic E-state index is 0.409. The second kappa shape index (κ2) is 2.46.